The number of halogens is 1. The van der Waals surface area contributed by atoms with Crippen LogP contribution in [0.25, 0.3) is 5.70 Å². The molecule has 5 rings (SSSR count). The van der Waals surface area contributed by atoms with E-state index in [0.29, 0.717) is 17.8 Å². The number of allylic oxidation sites excluding steroid dienone is 3. The maximum atomic E-state index is 6.44. The zero-order chi connectivity index (χ0) is 25.8. The van der Waals surface area contributed by atoms with Gasteiger partial charge in [-0.3, -0.25) is 0 Å². The average molecular weight is 533 g/mol. The molecule has 37 heavy (non-hydrogen) atoms. The molecule has 0 spiro atoms. The van der Waals surface area contributed by atoms with Crippen molar-refractivity contribution in [2.45, 2.75) is 64.2 Å². The Morgan fingerprint density at radius 3 is 2.76 bits per heavy atom. The first kappa shape index (κ1) is 26.5. The van der Waals surface area contributed by atoms with Crippen LogP contribution < -0.4 is 9.62 Å². The van der Waals surface area contributed by atoms with Crippen LogP contribution in [0.2, 0.25) is 5.02 Å². The van der Waals surface area contributed by atoms with Gasteiger partial charge in [-0.25, -0.2) is 0 Å². The number of nitrogens with zero attached hydrogens (tertiary/aromatic N) is 1. The number of hydrogen-bond acceptors (Lipinski definition) is 3. The molecule has 1 fully saturated rings. The molecule has 3 atom stereocenters. The molecular formula is C33H41ClN2S. The summed E-state index contributed by atoms with van der Waals surface area (Å²) in [6.45, 7) is 13.3. The second-order valence-corrected chi connectivity index (χ2v) is 12.4. The molecular weight excluding hydrogens is 492 g/mol. The van der Waals surface area contributed by atoms with Gasteiger partial charge >= 0.3 is 0 Å². The summed E-state index contributed by atoms with van der Waals surface area (Å²) in [5, 5.41) is 0.854. The summed E-state index contributed by atoms with van der Waals surface area (Å²) in [6, 6.07) is 13.6. The first-order valence-electron chi connectivity index (χ1n) is 14.1. The van der Waals surface area contributed by atoms with Crippen LogP contribution in [0.15, 0.2) is 67.3 Å². The fourth-order valence-electron chi connectivity index (χ4n) is 6.36. The molecule has 2 nitrogen and oxygen atoms in total. The number of nitrogens with one attached hydrogen (secondary N) is 1. The van der Waals surface area contributed by atoms with E-state index < -0.39 is 0 Å². The lowest BCUT2D eigenvalue weighted by atomic mass is 9.69. The minimum Gasteiger partial charge on any atom is -0.370 e. The van der Waals surface area contributed by atoms with Gasteiger partial charge in [0, 0.05) is 41.2 Å². The summed E-state index contributed by atoms with van der Waals surface area (Å²) in [5.41, 5.74) is 9.42. The van der Waals surface area contributed by atoms with Crippen molar-refractivity contribution >= 4 is 34.9 Å². The monoisotopic (exact) mass is 532 g/mol. The van der Waals surface area contributed by atoms with Gasteiger partial charge in [-0.15, -0.1) is 0 Å². The van der Waals surface area contributed by atoms with Crippen LogP contribution in [0.5, 0.6) is 0 Å². The SMILES string of the molecule is C=C1NSCC/C=C/CC(=C)C2CCC2CN2CC(c3ccc(Cl)cc3CCC)CCc3ccc1cc32. The van der Waals surface area contributed by atoms with Crippen LogP contribution in [0, 0.1) is 11.8 Å². The third-order valence-electron chi connectivity index (χ3n) is 8.57. The first-order valence-corrected chi connectivity index (χ1v) is 15.5. The largest absolute Gasteiger partial charge is 0.370 e. The van der Waals surface area contributed by atoms with Crippen LogP contribution in [-0.4, -0.2) is 18.8 Å². The maximum Gasteiger partial charge on any atom is 0.0441 e. The van der Waals surface area contributed by atoms with Crippen molar-refractivity contribution in [3.63, 3.8) is 0 Å². The highest BCUT2D eigenvalue weighted by molar-refractivity contribution is 7.97. The lowest BCUT2D eigenvalue weighted by molar-refractivity contribution is 0.215. The van der Waals surface area contributed by atoms with Gasteiger partial charge in [-0.05, 0) is 97.2 Å². The van der Waals surface area contributed by atoms with Crippen LogP contribution in [-0.2, 0) is 12.8 Å². The highest BCUT2D eigenvalue weighted by Crippen LogP contribution is 2.43. The van der Waals surface area contributed by atoms with Gasteiger partial charge in [-0.1, -0.05) is 86.0 Å². The van der Waals surface area contributed by atoms with Crippen molar-refractivity contribution in [2.75, 3.05) is 23.7 Å². The summed E-state index contributed by atoms with van der Waals surface area (Å²) in [7, 11) is 0. The van der Waals surface area contributed by atoms with E-state index in [4.69, 9.17) is 11.6 Å². The minimum atomic E-state index is 0.502. The van der Waals surface area contributed by atoms with E-state index in [2.05, 4.69) is 78.3 Å². The second kappa shape index (κ2) is 12.2. The molecule has 2 aliphatic heterocycles. The van der Waals surface area contributed by atoms with Gasteiger partial charge in [0.2, 0.25) is 0 Å². The molecule has 0 amide bonds. The van der Waals surface area contributed by atoms with Crippen LogP contribution >= 0.6 is 23.5 Å². The van der Waals surface area contributed by atoms with Crippen molar-refractivity contribution in [2.24, 2.45) is 11.8 Å². The lowest BCUT2D eigenvalue weighted by Gasteiger charge is -2.42. The molecule has 1 aliphatic carbocycles. The van der Waals surface area contributed by atoms with E-state index in [0.717, 1.165) is 61.7 Å². The Balaban J connectivity index is 1.50. The number of rotatable bonds is 3. The highest BCUT2D eigenvalue weighted by Gasteiger charge is 2.35. The molecule has 4 heteroatoms. The normalized spacial score (nSPS) is 25.5. The lowest BCUT2D eigenvalue weighted by Crippen LogP contribution is -2.40. The number of aryl methyl sites for hydroxylation is 2. The van der Waals surface area contributed by atoms with E-state index in [1.165, 1.54) is 52.8 Å². The number of anilines is 1. The van der Waals surface area contributed by atoms with Gasteiger partial charge in [0.1, 0.15) is 0 Å². The predicted octanol–water partition coefficient (Wildman–Crippen LogP) is 8.97. The molecule has 2 aromatic carbocycles. The standard InChI is InChI=1S/C33H41ClN2S/c1-4-8-27-19-30(34)15-17-32(27)29-13-11-25-10-12-26-20-33(25)36(22-29)21-28-14-16-31(28)23(2)9-6-5-7-18-37-35-24(26)3/h5-6,10,12,15,17,19-20,28-29,31,35H,2-4,7-9,11,13-14,16,18,21-22H2,1H3/b6-5+. The molecule has 1 saturated carbocycles. The van der Waals surface area contributed by atoms with Crippen LogP contribution in [0.4, 0.5) is 5.69 Å². The average Bonchev–Trinajstić information content (AvgIpc) is 3.05. The Morgan fingerprint density at radius 2 is 1.95 bits per heavy atom. The molecule has 0 aromatic heterocycles. The number of hydrogen-bond donors (Lipinski definition) is 1. The topological polar surface area (TPSA) is 15.3 Å². The molecule has 196 valence electrons. The summed E-state index contributed by atoms with van der Waals surface area (Å²) in [4.78, 5) is 2.72. The molecule has 0 saturated heterocycles. The van der Waals surface area contributed by atoms with Crippen LogP contribution in [0.3, 0.4) is 0 Å². The zero-order valence-electron chi connectivity index (χ0n) is 22.3. The van der Waals surface area contributed by atoms with E-state index in [1.807, 2.05) is 0 Å². The van der Waals surface area contributed by atoms with Gasteiger partial charge < -0.3 is 9.62 Å². The summed E-state index contributed by atoms with van der Waals surface area (Å²) in [5.74, 6) is 2.86. The molecule has 2 bridgehead atoms. The fraction of sp³-hybridized carbons (Fsp3) is 0.455. The Labute approximate surface area is 233 Å². The van der Waals surface area contributed by atoms with Gasteiger partial charge in [0.05, 0.1) is 0 Å². The fourth-order valence-corrected chi connectivity index (χ4v) is 7.21. The smallest absolute Gasteiger partial charge is 0.0441 e. The first-order chi connectivity index (χ1) is 18.0. The van der Waals surface area contributed by atoms with E-state index in [-0.39, 0.29) is 0 Å². The Bertz CT molecular complexity index is 1170. The van der Waals surface area contributed by atoms with Gasteiger partial charge in [-0.2, -0.15) is 0 Å². The van der Waals surface area contributed by atoms with Crippen molar-refractivity contribution in [3.8, 4) is 0 Å². The Kier molecular flexibility index (Phi) is 8.72. The van der Waals surface area contributed by atoms with Crippen molar-refractivity contribution in [1.82, 2.24) is 4.72 Å². The quantitative estimate of drug-likeness (QED) is 0.313. The molecule has 0 radical (unpaired) electrons. The second-order valence-electron chi connectivity index (χ2n) is 11.1. The molecule has 2 heterocycles. The Morgan fingerprint density at radius 1 is 1.05 bits per heavy atom. The third kappa shape index (κ3) is 6.15. The van der Waals surface area contributed by atoms with Gasteiger partial charge in [0.15, 0.2) is 0 Å². The number of benzene rings is 2. The molecule has 2 aromatic rings. The predicted molar refractivity (Wildman–Crippen MR) is 164 cm³/mol. The molecule has 3 unspecified atom stereocenters. The van der Waals surface area contributed by atoms with Crippen molar-refractivity contribution in [1.29, 1.82) is 0 Å². The van der Waals surface area contributed by atoms with Crippen molar-refractivity contribution < 1.29 is 0 Å². The minimum absolute atomic E-state index is 0.502. The molecule has 3 aliphatic rings. The summed E-state index contributed by atoms with van der Waals surface area (Å²) < 4.78 is 3.50. The van der Waals surface area contributed by atoms with E-state index >= 15 is 0 Å². The van der Waals surface area contributed by atoms with Gasteiger partial charge in [0.25, 0.3) is 0 Å². The highest BCUT2D eigenvalue weighted by atomic mass is 35.5. The summed E-state index contributed by atoms with van der Waals surface area (Å²) >= 11 is 8.19. The van der Waals surface area contributed by atoms with E-state index in [1.54, 1.807) is 11.9 Å². The van der Waals surface area contributed by atoms with E-state index in [9.17, 15) is 0 Å². The third-order valence-corrected chi connectivity index (χ3v) is 9.63. The molecule has 1 N–H and O–H groups in total. The van der Waals surface area contributed by atoms with Crippen LogP contribution in [0.1, 0.15) is 73.6 Å². The Hall–Kier alpha value is -2.10. The van der Waals surface area contributed by atoms with Crippen molar-refractivity contribution in [3.05, 3.63) is 94.6 Å². The summed E-state index contributed by atoms with van der Waals surface area (Å²) in [6.07, 6.45) is 13.8. The zero-order valence-corrected chi connectivity index (χ0v) is 23.8. The number of fused-ring (bicyclic) bond motifs is 2. The maximum absolute atomic E-state index is 6.44.